The Balaban J connectivity index is 4.22. The van der Waals surface area contributed by atoms with E-state index in [1.165, 1.54) is 135 Å². The van der Waals surface area contributed by atoms with Gasteiger partial charge in [0.1, 0.15) is 13.2 Å². The zero-order chi connectivity index (χ0) is 55.0. The van der Waals surface area contributed by atoms with Crippen LogP contribution < -0.4 is 0 Å². The average molecular weight is 1060 g/mol. The summed E-state index contributed by atoms with van der Waals surface area (Å²) in [6.07, 6.45) is 86.8. The van der Waals surface area contributed by atoms with Crippen molar-refractivity contribution in [3.63, 3.8) is 0 Å². The van der Waals surface area contributed by atoms with E-state index in [-0.39, 0.29) is 31.1 Å². The van der Waals surface area contributed by atoms with E-state index in [1.54, 1.807) is 0 Å². The molecule has 0 heterocycles. The van der Waals surface area contributed by atoms with Crippen molar-refractivity contribution in [1.29, 1.82) is 0 Å². The highest BCUT2D eigenvalue weighted by molar-refractivity contribution is 5.71. The number of allylic oxidation sites excluding steroid dienone is 18. The van der Waals surface area contributed by atoms with Gasteiger partial charge in [-0.05, 0) is 103 Å². The van der Waals surface area contributed by atoms with Gasteiger partial charge >= 0.3 is 17.9 Å². The molecule has 434 valence electrons. The van der Waals surface area contributed by atoms with Crippen LogP contribution in [-0.4, -0.2) is 37.2 Å². The van der Waals surface area contributed by atoms with E-state index in [4.69, 9.17) is 14.2 Å². The summed E-state index contributed by atoms with van der Waals surface area (Å²) in [4.78, 5) is 38.2. The van der Waals surface area contributed by atoms with Gasteiger partial charge in [0.2, 0.25) is 0 Å². The summed E-state index contributed by atoms with van der Waals surface area (Å²) >= 11 is 0. The summed E-state index contributed by atoms with van der Waals surface area (Å²) in [7, 11) is 0. The van der Waals surface area contributed by atoms with E-state index < -0.39 is 6.10 Å². The summed E-state index contributed by atoms with van der Waals surface area (Å²) in [6, 6.07) is 0. The third kappa shape index (κ3) is 60.9. The molecule has 1 atom stereocenters. The van der Waals surface area contributed by atoms with Crippen LogP contribution in [0.1, 0.15) is 297 Å². The first-order valence-electron chi connectivity index (χ1n) is 31.9. The number of ether oxygens (including phenoxy) is 3. The molecule has 0 spiro atoms. The predicted molar refractivity (Wildman–Crippen MR) is 330 cm³/mol. The van der Waals surface area contributed by atoms with Gasteiger partial charge < -0.3 is 14.2 Å². The monoisotopic (exact) mass is 1050 g/mol. The quantitative estimate of drug-likeness (QED) is 0.0261. The van der Waals surface area contributed by atoms with Gasteiger partial charge in [0.05, 0.1) is 0 Å². The van der Waals surface area contributed by atoms with Gasteiger partial charge in [0.15, 0.2) is 6.10 Å². The van der Waals surface area contributed by atoms with Crippen molar-refractivity contribution in [1.82, 2.24) is 0 Å². The minimum Gasteiger partial charge on any atom is -0.462 e. The minimum atomic E-state index is -0.790. The fraction of sp³-hybridized carbons (Fsp3) is 0.700. The molecule has 0 saturated carbocycles. The van der Waals surface area contributed by atoms with Crippen LogP contribution in [-0.2, 0) is 28.6 Å². The molecule has 76 heavy (non-hydrogen) atoms. The largest absolute Gasteiger partial charge is 0.462 e. The van der Waals surface area contributed by atoms with E-state index in [1.807, 2.05) is 0 Å². The molecule has 0 bridgehead atoms. The molecule has 6 heteroatoms. The zero-order valence-corrected chi connectivity index (χ0v) is 49.7. The van der Waals surface area contributed by atoms with Gasteiger partial charge in [-0.2, -0.15) is 0 Å². The Labute approximate surface area is 470 Å². The van der Waals surface area contributed by atoms with Gasteiger partial charge in [-0.15, -0.1) is 0 Å². The molecular weight excluding hydrogens is 937 g/mol. The van der Waals surface area contributed by atoms with Gasteiger partial charge in [-0.25, -0.2) is 0 Å². The van der Waals surface area contributed by atoms with Gasteiger partial charge in [0, 0.05) is 19.3 Å². The average Bonchev–Trinajstić information content (AvgIpc) is 3.42. The van der Waals surface area contributed by atoms with Crippen molar-refractivity contribution in [2.75, 3.05) is 13.2 Å². The standard InChI is InChI=1S/C70H118O6/c1-4-7-10-13-16-19-22-25-27-28-29-30-31-32-33-34-35-36-37-38-39-40-41-42-43-46-48-51-54-57-60-63-69(72)75-66-67(65-74-68(71)62-59-56-53-50-47-44-24-21-18-15-12-9-6-3)76-70(73)64-61-58-55-52-49-45-26-23-20-17-14-11-8-5-2/h7,9-10,12,16,18-19,21,25,27,29-30,32-33,35-36,44,47,67H,4-6,8,11,13-15,17,20,22-24,26,28,31,34,37-43,45-46,48-66H2,1-3H3/b10-7-,12-9-,19-16-,21-18-,27-25-,30-29-,33-32-,36-35-,47-44-. The first kappa shape index (κ1) is 72.1. The predicted octanol–water partition coefficient (Wildman–Crippen LogP) is 21.8. The van der Waals surface area contributed by atoms with Crippen LogP contribution in [0.15, 0.2) is 109 Å². The van der Waals surface area contributed by atoms with Crippen LogP contribution in [0.4, 0.5) is 0 Å². The molecule has 0 N–H and O–H groups in total. The lowest BCUT2D eigenvalue weighted by Gasteiger charge is -2.18. The molecule has 0 aromatic carbocycles. The van der Waals surface area contributed by atoms with Crippen molar-refractivity contribution in [2.24, 2.45) is 0 Å². The molecule has 0 rings (SSSR count). The summed E-state index contributed by atoms with van der Waals surface area (Å²) in [5, 5.41) is 0. The lowest BCUT2D eigenvalue weighted by atomic mass is 10.0. The summed E-state index contributed by atoms with van der Waals surface area (Å²) < 4.78 is 16.9. The van der Waals surface area contributed by atoms with Crippen LogP contribution in [0, 0.1) is 0 Å². The highest BCUT2D eigenvalue weighted by Crippen LogP contribution is 2.16. The normalized spacial score (nSPS) is 12.8. The Hall–Kier alpha value is -3.93. The maximum atomic E-state index is 12.9. The Bertz CT molecular complexity index is 1540. The first-order chi connectivity index (χ1) is 37.5. The van der Waals surface area contributed by atoms with Crippen molar-refractivity contribution >= 4 is 17.9 Å². The molecule has 0 aliphatic rings. The lowest BCUT2D eigenvalue weighted by Crippen LogP contribution is -2.30. The van der Waals surface area contributed by atoms with Gasteiger partial charge in [-0.3, -0.25) is 14.4 Å². The number of hydrogen-bond donors (Lipinski definition) is 0. The maximum absolute atomic E-state index is 12.9. The molecular formula is C70H118O6. The molecule has 1 unspecified atom stereocenters. The second-order valence-corrected chi connectivity index (χ2v) is 20.9. The number of carbonyl (C=O) groups is 3. The molecule has 0 radical (unpaired) electrons. The topological polar surface area (TPSA) is 78.9 Å². The number of esters is 3. The summed E-state index contributed by atoms with van der Waals surface area (Å²) in [5.74, 6) is -0.910. The van der Waals surface area contributed by atoms with Gasteiger partial charge in [0.25, 0.3) is 0 Å². The Morgan fingerprint density at radius 1 is 0.276 bits per heavy atom. The molecule has 6 nitrogen and oxygen atoms in total. The Kier molecular flexibility index (Phi) is 60.3. The van der Waals surface area contributed by atoms with Crippen molar-refractivity contribution in [3.8, 4) is 0 Å². The van der Waals surface area contributed by atoms with E-state index in [9.17, 15) is 14.4 Å². The van der Waals surface area contributed by atoms with Crippen molar-refractivity contribution < 1.29 is 28.6 Å². The third-order valence-electron chi connectivity index (χ3n) is 13.5. The van der Waals surface area contributed by atoms with E-state index in [0.29, 0.717) is 19.3 Å². The summed E-state index contributed by atoms with van der Waals surface area (Å²) in [6.45, 7) is 6.40. The maximum Gasteiger partial charge on any atom is 0.306 e. The minimum absolute atomic E-state index is 0.0863. The molecule has 0 aliphatic heterocycles. The smallest absolute Gasteiger partial charge is 0.306 e. The highest BCUT2D eigenvalue weighted by Gasteiger charge is 2.19. The number of unbranched alkanes of at least 4 members (excludes halogenated alkanes) is 28. The fourth-order valence-electron chi connectivity index (χ4n) is 8.81. The van der Waals surface area contributed by atoms with E-state index in [2.05, 4.69) is 130 Å². The lowest BCUT2D eigenvalue weighted by molar-refractivity contribution is -0.167. The Morgan fingerprint density at radius 2 is 0.513 bits per heavy atom. The number of rotatable bonds is 57. The van der Waals surface area contributed by atoms with Crippen LogP contribution >= 0.6 is 0 Å². The molecule has 0 aromatic rings. The summed E-state index contributed by atoms with van der Waals surface area (Å²) in [5.41, 5.74) is 0. The SMILES string of the molecule is CC/C=C\C/C=C\C/C=C\C/C=C\C/C=C\C/C=C\CCCCCCCCCCCCCCC(=O)OCC(COC(=O)CCCCC/C=C\C/C=C\C/C=C\CC)OC(=O)CCCCCCCCCCCCCCCC. The number of hydrogen-bond acceptors (Lipinski definition) is 6. The molecule has 0 aliphatic carbocycles. The fourth-order valence-corrected chi connectivity index (χ4v) is 8.81. The van der Waals surface area contributed by atoms with E-state index >= 15 is 0 Å². The second kappa shape index (κ2) is 63.6. The zero-order valence-electron chi connectivity index (χ0n) is 49.7. The first-order valence-corrected chi connectivity index (χ1v) is 31.9. The van der Waals surface area contributed by atoms with E-state index in [0.717, 1.165) is 122 Å². The molecule has 0 aromatic heterocycles. The number of carbonyl (C=O) groups excluding carboxylic acids is 3. The van der Waals surface area contributed by atoms with Crippen LogP contribution in [0.2, 0.25) is 0 Å². The Morgan fingerprint density at radius 3 is 0.816 bits per heavy atom. The van der Waals surface area contributed by atoms with Gasteiger partial charge in [-0.1, -0.05) is 284 Å². The molecule has 0 saturated heterocycles. The molecule has 0 amide bonds. The third-order valence-corrected chi connectivity index (χ3v) is 13.5. The van der Waals surface area contributed by atoms with Crippen LogP contribution in [0.5, 0.6) is 0 Å². The van der Waals surface area contributed by atoms with Crippen LogP contribution in [0.25, 0.3) is 0 Å². The van der Waals surface area contributed by atoms with Crippen LogP contribution in [0.3, 0.4) is 0 Å². The highest BCUT2D eigenvalue weighted by atomic mass is 16.6. The van der Waals surface area contributed by atoms with Crippen molar-refractivity contribution in [3.05, 3.63) is 109 Å². The second-order valence-electron chi connectivity index (χ2n) is 20.9. The van der Waals surface area contributed by atoms with Crippen molar-refractivity contribution in [2.45, 2.75) is 303 Å². The molecule has 0 fully saturated rings.